The highest BCUT2D eigenvalue weighted by atomic mass is 79.9. The van der Waals surface area contributed by atoms with E-state index in [9.17, 15) is 10.1 Å². The molecule has 0 aromatic heterocycles. The van der Waals surface area contributed by atoms with Gasteiger partial charge in [0, 0.05) is 17.7 Å². The third-order valence-corrected chi connectivity index (χ3v) is 8.18. The van der Waals surface area contributed by atoms with Crippen LogP contribution in [0.25, 0.3) is 0 Å². The molecule has 1 unspecified atom stereocenters. The second-order valence-corrected chi connectivity index (χ2v) is 10.8. The number of nitrogens with zero attached hydrogens (tertiary/aromatic N) is 2. The summed E-state index contributed by atoms with van der Waals surface area (Å²) in [5, 5.41) is 10.4. The molecule has 0 spiro atoms. The lowest BCUT2D eigenvalue weighted by molar-refractivity contribution is -0.116. The minimum atomic E-state index is -0.508. The molecule has 3 aromatic rings. The van der Waals surface area contributed by atoms with Gasteiger partial charge in [0.2, 0.25) is 0 Å². The zero-order chi connectivity index (χ0) is 27.0. The van der Waals surface area contributed by atoms with Crippen molar-refractivity contribution >= 4 is 27.4 Å². The summed E-state index contributed by atoms with van der Waals surface area (Å²) in [6.07, 6.45) is 1.96. The van der Waals surface area contributed by atoms with Crippen LogP contribution in [0.4, 0.5) is 5.69 Å². The normalized spacial score (nSPS) is 17.4. The molecule has 1 atom stereocenters. The number of hydrogen-bond donors (Lipinski definition) is 1. The Labute approximate surface area is 232 Å². The fourth-order valence-electron chi connectivity index (χ4n) is 5.59. The standard InChI is InChI=1S/C32H30BrN3O2/c1-19-9-4-6-11-26(19)36-27-12-8-13-28(37)31(27)30(24(17-34)32(36)35)23-16-22(20(2)15-21(23)3)18-38-29-14-7-5-10-25(29)33/h4-7,9-11,14-16,30H,8,12-13,18,35H2,1-3H3. The zero-order valence-electron chi connectivity index (χ0n) is 21.8. The maximum absolute atomic E-state index is 13.6. The first-order valence-corrected chi connectivity index (χ1v) is 13.6. The first-order valence-electron chi connectivity index (χ1n) is 12.8. The SMILES string of the molecule is Cc1cc(C)c(C2C(C#N)=C(N)N(c3ccccc3C)C3=C2C(=O)CCC3)cc1COc1ccccc1Br. The topological polar surface area (TPSA) is 79.4 Å². The van der Waals surface area contributed by atoms with Crippen LogP contribution in [-0.2, 0) is 11.4 Å². The molecule has 0 saturated carbocycles. The number of Topliss-reactive ketones (excluding diaryl/α,β-unsaturated/α-hetero) is 1. The fourth-order valence-corrected chi connectivity index (χ4v) is 5.99. The van der Waals surface area contributed by atoms with Crippen LogP contribution in [0, 0.1) is 32.1 Å². The van der Waals surface area contributed by atoms with Crippen LogP contribution >= 0.6 is 15.9 Å². The summed E-state index contributed by atoms with van der Waals surface area (Å²) in [6.45, 7) is 6.48. The molecule has 6 heteroatoms. The summed E-state index contributed by atoms with van der Waals surface area (Å²) in [7, 11) is 0. The van der Waals surface area contributed by atoms with Crippen LogP contribution in [0.5, 0.6) is 5.75 Å². The number of nitrogens with two attached hydrogens (primary N) is 1. The van der Waals surface area contributed by atoms with Gasteiger partial charge in [-0.25, -0.2) is 0 Å². The molecule has 5 rings (SSSR count). The second kappa shape index (κ2) is 10.5. The predicted octanol–water partition coefficient (Wildman–Crippen LogP) is 7.26. The van der Waals surface area contributed by atoms with Crippen molar-refractivity contribution in [1.82, 2.24) is 0 Å². The number of benzene rings is 3. The van der Waals surface area contributed by atoms with Crippen LogP contribution in [0.2, 0.25) is 0 Å². The van der Waals surface area contributed by atoms with Gasteiger partial charge < -0.3 is 10.5 Å². The predicted molar refractivity (Wildman–Crippen MR) is 153 cm³/mol. The molecule has 3 aromatic carbocycles. The molecule has 0 bridgehead atoms. The van der Waals surface area contributed by atoms with Gasteiger partial charge in [0.25, 0.3) is 0 Å². The smallest absolute Gasteiger partial charge is 0.161 e. The van der Waals surface area contributed by atoms with Gasteiger partial charge in [0.1, 0.15) is 18.2 Å². The molecule has 5 nitrogen and oxygen atoms in total. The third-order valence-electron chi connectivity index (χ3n) is 7.53. The van der Waals surface area contributed by atoms with E-state index >= 15 is 0 Å². The average molecular weight is 569 g/mol. The quantitative estimate of drug-likeness (QED) is 0.351. The molecule has 0 fully saturated rings. The van der Waals surface area contributed by atoms with Crippen LogP contribution in [0.3, 0.4) is 0 Å². The first-order chi connectivity index (χ1) is 18.3. The molecule has 1 aliphatic heterocycles. The van der Waals surface area contributed by atoms with E-state index in [1.165, 1.54) is 0 Å². The summed E-state index contributed by atoms with van der Waals surface area (Å²) in [6, 6.07) is 22.3. The van der Waals surface area contributed by atoms with Gasteiger partial charge in [-0.1, -0.05) is 42.5 Å². The van der Waals surface area contributed by atoms with E-state index in [1.807, 2.05) is 67.3 Å². The fraction of sp³-hybridized carbons (Fsp3) is 0.250. The van der Waals surface area contributed by atoms with E-state index in [4.69, 9.17) is 10.5 Å². The van der Waals surface area contributed by atoms with Crippen molar-refractivity contribution in [2.45, 2.75) is 52.6 Å². The number of aryl methyl sites for hydroxylation is 3. The Morgan fingerprint density at radius 3 is 2.50 bits per heavy atom. The lowest BCUT2D eigenvalue weighted by atomic mass is 9.74. The van der Waals surface area contributed by atoms with E-state index in [0.29, 0.717) is 30.0 Å². The molecule has 192 valence electrons. The maximum atomic E-state index is 13.6. The lowest BCUT2D eigenvalue weighted by Gasteiger charge is -2.40. The number of para-hydroxylation sites is 2. The van der Waals surface area contributed by atoms with E-state index in [-0.39, 0.29) is 5.78 Å². The number of ether oxygens (including phenoxy) is 1. The van der Waals surface area contributed by atoms with Crippen LogP contribution < -0.4 is 15.4 Å². The zero-order valence-corrected chi connectivity index (χ0v) is 23.4. The number of halogens is 1. The monoisotopic (exact) mass is 567 g/mol. The second-order valence-electron chi connectivity index (χ2n) is 9.96. The van der Waals surface area contributed by atoms with Gasteiger partial charge in [-0.05, 0) is 95.6 Å². The number of hydrogen-bond acceptors (Lipinski definition) is 5. The van der Waals surface area contributed by atoms with Crippen LogP contribution in [-0.4, -0.2) is 5.78 Å². The van der Waals surface area contributed by atoms with Gasteiger partial charge >= 0.3 is 0 Å². The molecule has 0 amide bonds. The summed E-state index contributed by atoms with van der Waals surface area (Å²) >= 11 is 3.55. The average Bonchev–Trinajstić information content (AvgIpc) is 2.89. The van der Waals surface area contributed by atoms with Crippen LogP contribution in [0.15, 0.2) is 87.8 Å². The van der Waals surface area contributed by atoms with Gasteiger partial charge in [-0.3, -0.25) is 9.69 Å². The molecule has 2 N–H and O–H groups in total. The number of anilines is 1. The summed E-state index contributed by atoms with van der Waals surface area (Å²) in [5.41, 5.74) is 14.8. The van der Waals surface area contributed by atoms with Crippen molar-refractivity contribution in [1.29, 1.82) is 5.26 Å². The van der Waals surface area contributed by atoms with Crippen molar-refractivity contribution in [3.63, 3.8) is 0 Å². The van der Waals surface area contributed by atoms with Gasteiger partial charge in [0.05, 0.1) is 27.7 Å². The number of rotatable bonds is 5. The van der Waals surface area contributed by atoms with Crippen molar-refractivity contribution in [3.05, 3.63) is 116 Å². The Balaban J connectivity index is 1.65. The Morgan fingerprint density at radius 2 is 1.76 bits per heavy atom. The van der Waals surface area contributed by atoms with Gasteiger partial charge in [0.15, 0.2) is 5.78 Å². The summed E-state index contributed by atoms with van der Waals surface area (Å²) in [5.74, 6) is 0.730. The highest BCUT2D eigenvalue weighted by Gasteiger charge is 2.41. The van der Waals surface area contributed by atoms with Crippen LogP contribution in [0.1, 0.15) is 53.0 Å². The Bertz CT molecular complexity index is 1550. The molecule has 0 saturated heterocycles. The molecular weight excluding hydrogens is 538 g/mol. The number of ketones is 1. The van der Waals surface area contributed by atoms with E-state index in [2.05, 4.69) is 41.1 Å². The number of nitriles is 1. The third kappa shape index (κ3) is 4.52. The Morgan fingerprint density at radius 1 is 1.03 bits per heavy atom. The van der Waals surface area contributed by atoms with Gasteiger partial charge in [-0.2, -0.15) is 5.26 Å². The Hall–Kier alpha value is -3.82. The molecule has 1 aliphatic carbocycles. The molecule has 2 aliphatic rings. The highest BCUT2D eigenvalue weighted by molar-refractivity contribution is 9.10. The largest absolute Gasteiger partial charge is 0.488 e. The van der Waals surface area contributed by atoms with E-state index < -0.39 is 5.92 Å². The van der Waals surface area contributed by atoms with E-state index in [0.717, 1.165) is 62.3 Å². The van der Waals surface area contributed by atoms with Crippen molar-refractivity contribution < 1.29 is 9.53 Å². The molecule has 1 heterocycles. The van der Waals surface area contributed by atoms with Crippen molar-refractivity contribution in [2.75, 3.05) is 4.90 Å². The molecular formula is C32H30BrN3O2. The number of allylic oxidation sites excluding steroid dienone is 3. The minimum Gasteiger partial charge on any atom is -0.488 e. The Kier molecular flexibility index (Phi) is 7.14. The highest BCUT2D eigenvalue weighted by Crippen LogP contribution is 2.47. The van der Waals surface area contributed by atoms with Crippen molar-refractivity contribution in [2.24, 2.45) is 5.73 Å². The first kappa shape index (κ1) is 25.8. The molecule has 0 radical (unpaired) electrons. The van der Waals surface area contributed by atoms with E-state index in [1.54, 1.807) is 0 Å². The van der Waals surface area contributed by atoms with Crippen molar-refractivity contribution in [3.8, 4) is 11.8 Å². The lowest BCUT2D eigenvalue weighted by Crippen LogP contribution is -2.39. The number of carbonyl (C=O) groups is 1. The summed E-state index contributed by atoms with van der Waals surface area (Å²) in [4.78, 5) is 15.5. The van der Waals surface area contributed by atoms with Gasteiger partial charge in [-0.15, -0.1) is 0 Å². The maximum Gasteiger partial charge on any atom is 0.161 e. The summed E-state index contributed by atoms with van der Waals surface area (Å²) < 4.78 is 7.03. The number of carbonyl (C=O) groups excluding carboxylic acids is 1. The molecule has 38 heavy (non-hydrogen) atoms. The minimum absolute atomic E-state index is 0.0843.